The monoisotopic (exact) mass is 383 g/mol. The van der Waals surface area contributed by atoms with Crippen LogP contribution in [0.5, 0.6) is 0 Å². The number of carbonyl (C=O) groups is 2. The van der Waals surface area contributed by atoms with Crippen LogP contribution in [0.1, 0.15) is 19.3 Å². The lowest BCUT2D eigenvalue weighted by Crippen LogP contribution is -2.42. The summed E-state index contributed by atoms with van der Waals surface area (Å²) in [5, 5.41) is 10.5. The van der Waals surface area contributed by atoms with Gasteiger partial charge in [-0.2, -0.15) is 5.10 Å². The Hall–Kier alpha value is -1.64. The van der Waals surface area contributed by atoms with Gasteiger partial charge in [0.15, 0.2) is 0 Å². The quantitative estimate of drug-likeness (QED) is 0.790. The van der Waals surface area contributed by atoms with Gasteiger partial charge >= 0.3 is 0 Å². The molecule has 0 bridgehead atoms. The van der Waals surface area contributed by atoms with Crippen LogP contribution in [0.2, 0.25) is 0 Å². The zero-order valence-electron chi connectivity index (χ0n) is 14.8. The summed E-state index contributed by atoms with van der Waals surface area (Å²) in [4.78, 5) is 26.5. The van der Waals surface area contributed by atoms with E-state index in [-0.39, 0.29) is 42.1 Å². The third kappa shape index (κ3) is 4.02. The SMILES string of the molecule is Cl.O=C(Nc1cnn(CC(=O)N2CCOCC2)c1)C1CC12CCNCC2. The molecule has 1 aliphatic carbocycles. The molecule has 1 spiro atoms. The molecule has 2 N–H and O–H groups in total. The number of halogens is 1. The molecule has 8 nitrogen and oxygen atoms in total. The molecule has 144 valence electrons. The van der Waals surface area contributed by atoms with E-state index in [0.29, 0.717) is 32.0 Å². The number of nitrogens with zero attached hydrogens (tertiary/aromatic N) is 3. The number of nitrogens with one attached hydrogen (secondary N) is 2. The highest BCUT2D eigenvalue weighted by Crippen LogP contribution is 2.58. The van der Waals surface area contributed by atoms with E-state index in [2.05, 4.69) is 15.7 Å². The van der Waals surface area contributed by atoms with Gasteiger partial charge in [-0.15, -0.1) is 12.4 Å². The Morgan fingerprint density at radius 3 is 2.77 bits per heavy atom. The Balaban J connectivity index is 0.00000196. The van der Waals surface area contributed by atoms with Crippen molar-refractivity contribution in [3.05, 3.63) is 12.4 Å². The third-order valence-electron chi connectivity index (χ3n) is 5.67. The number of aromatic nitrogens is 2. The first kappa shape index (κ1) is 19.1. The minimum atomic E-state index is 0. The highest BCUT2D eigenvalue weighted by atomic mass is 35.5. The van der Waals surface area contributed by atoms with Crippen LogP contribution >= 0.6 is 12.4 Å². The predicted octanol–water partition coefficient (Wildman–Crippen LogP) is 0.492. The van der Waals surface area contributed by atoms with Crippen molar-refractivity contribution in [2.45, 2.75) is 25.8 Å². The van der Waals surface area contributed by atoms with E-state index < -0.39 is 0 Å². The standard InChI is InChI=1S/C17H25N5O3.ClH/c23-15(21-5-7-25-8-6-21)12-22-11-13(10-19-22)20-16(24)14-9-17(14)1-3-18-4-2-17;/h10-11,14,18H,1-9,12H2,(H,20,24);1H. The second kappa shape index (κ2) is 7.94. The summed E-state index contributed by atoms with van der Waals surface area (Å²) >= 11 is 0. The number of carbonyl (C=O) groups excluding carboxylic acids is 2. The second-order valence-corrected chi connectivity index (χ2v) is 7.28. The van der Waals surface area contributed by atoms with Crippen molar-refractivity contribution in [3.63, 3.8) is 0 Å². The lowest BCUT2D eigenvalue weighted by atomic mass is 9.92. The Bertz CT molecular complexity index is 653. The zero-order chi connectivity index (χ0) is 17.3. The summed E-state index contributed by atoms with van der Waals surface area (Å²) in [5.41, 5.74) is 0.883. The fourth-order valence-electron chi connectivity index (χ4n) is 3.99. The minimum Gasteiger partial charge on any atom is -0.378 e. The average molecular weight is 384 g/mol. The second-order valence-electron chi connectivity index (χ2n) is 7.28. The number of rotatable bonds is 4. The molecule has 2 saturated heterocycles. The first-order valence-corrected chi connectivity index (χ1v) is 9.06. The van der Waals surface area contributed by atoms with E-state index in [9.17, 15) is 9.59 Å². The molecule has 3 fully saturated rings. The fraction of sp³-hybridized carbons (Fsp3) is 0.706. The van der Waals surface area contributed by atoms with Crippen LogP contribution in [0.25, 0.3) is 0 Å². The molecule has 26 heavy (non-hydrogen) atoms. The third-order valence-corrected chi connectivity index (χ3v) is 5.67. The normalized spacial score (nSPS) is 24.0. The van der Waals surface area contributed by atoms with E-state index in [1.165, 1.54) is 0 Å². The van der Waals surface area contributed by atoms with Gasteiger partial charge in [-0.1, -0.05) is 0 Å². The molecular formula is C17H26ClN5O3. The molecule has 2 aliphatic heterocycles. The largest absolute Gasteiger partial charge is 0.378 e. The Morgan fingerprint density at radius 2 is 2.04 bits per heavy atom. The summed E-state index contributed by atoms with van der Waals surface area (Å²) in [5.74, 6) is 0.231. The predicted molar refractivity (Wildman–Crippen MR) is 98.1 cm³/mol. The van der Waals surface area contributed by atoms with Crippen LogP contribution in [-0.2, 0) is 20.9 Å². The Kier molecular flexibility index (Phi) is 5.84. The molecule has 4 rings (SSSR count). The number of anilines is 1. The number of hydrogen-bond donors (Lipinski definition) is 2. The summed E-state index contributed by atoms with van der Waals surface area (Å²) in [6.07, 6.45) is 6.50. The molecule has 0 radical (unpaired) electrons. The molecule has 1 saturated carbocycles. The number of hydrogen-bond acceptors (Lipinski definition) is 5. The number of morpholine rings is 1. The van der Waals surface area contributed by atoms with E-state index in [1.807, 2.05) is 0 Å². The van der Waals surface area contributed by atoms with Crippen molar-refractivity contribution in [1.82, 2.24) is 20.0 Å². The Labute approximate surface area is 159 Å². The van der Waals surface area contributed by atoms with Gasteiger partial charge in [0.05, 0.1) is 25.1 Å². The van der Waals surface area contributed by atoms with Crippen LogP contribution in [-0.4, -0.2) is 65.9 Å². The van der Waals surface area contributed by atoms with Crippen LogP contribution in [0, 0.1) is 11.3 Å². The smallest absolute Gasteiger partial charge is 0.244 e. The van der Waals surface area contributed by atoms with Crippen molar-refractivity contribution >= 4 is 29.9 Å². The van der Waals surface area contributed by atoms with Gasteiger partial charge in [0.2, 0.25) is 11.8 Å². The van der Waals surface area contributed by atoms with E-state index >= 15 is 0 Å². The molecule has 1 atom stereocenters. The van der Waals surface area contributed by atoms with Gasteiger partial charge in [0.1, 0.15) is 6.54 Å². The summed E-state index contributed by atoms with van der Waals surface area (Å²) in [7, 11) is 0. The van der Waals surface area contributed by atoms with Gasteiger partial charge < -0.3 is 20.3 Å². The number of piperidine rings is 1. The average Bonchev–Trinajstić information content (AvgIpc) is 3.14. The molecule has 3 aliphatic rings. The first-order valence-electron chi connectivity index (χ1n) is 9.06. The van der Waals surface area contributed by atoms with E-state index in [4.69, 9.17) is 4.74 Å². The molecular weight excluding hydrogens is 358 g/mol. The minimum absolute atomic E-state index is 0. The van der Waals surface area contributed by atoms with Crippen molar-refractivity contribution in [2.24, 2.45) is 11.3 Å². The van der Waals surface area contributed by atoms with E-state index in [1.54, 1.807) is 22.0 Å². The number of amides is 2. The van der Waals surface area contributed by atoms with Crippen molar-refractivity contribution in [1.29, 1.82) is 0 Å². The van der Waals surface area contributed by atoms with Gasteiger partial charge in [0.25, 0.3) is 0 Å². The molecule has 1 aromatic rings. The highest BCUT2D eigenvalue weighted by molar-refractivity contribution is 5.95. The summed E-state index contributed by atoms with van der Waals surface area (Å²) in [6.45, 7) is 4.63. The maximum Gasteiger partial charge on any atom is 0.244 e. The fourth-order valence-corrected chi connectivity index (χ4v) is 3.99. The van der Waals surface area contributed by atoms with Gasteiger partial charge in [-0.25, -0.2) is 0 Å². The van der Waals surface area contributed by atoms with Crippen LogP contribution in [0.3, 0.4) is 0 Å². The van der Waals surface area contributed by atoms with Gasteiger partial charge in [0, 0.05) is 25.2 Å². The Morgan fingerprint density at radius 1 is 1.31 bits per heavy atom. The lowest BCUT2D eigenvalue weighted by molar-refractivity contribution is -0.136. The van der Waals surface area contributed by atoms with Crippen LogP contribution < -0.4 is 10.6 Å². The molecule has 3 heterocycles. The van der Waals surface area contributed by atoms with Crippen molar-refractivity contribution < 1.29 is 14.3 Å². The number of ether oxygens (including phenoxy) is 1. The molecule has 1 aromatic heterocycles. The molecule has 0 aromatic carbocycles. The highest BCUT2D eigenvalue weighted by Gasteiger charge is 2.57. The first-order chi connectivity index (χ1) is 12.2. The molecule has 1 unspecified atom stereocenters. The van der Waals surface area contributed by atoms with E-state index in [0.717, 1.165) is 32.4 Å². The molecule has 2 amide bonds. The van der Waals surface area contributed by atoms with Crippen molar-refractivity contribution in [3.8, 4) is 0 Å². The van der Waals surface area contributed by atoms with Crippen molar-refractivity contribution in [2.75, 3.05) is 44.7 Å². The molecule has 9 heteroatoms. The summed E-state index contributed by atoms with van der Waals surface area (Å²) in [6, 6.07) is 0. The lowest BCUT2D eigenvalue weighted by Gasteiger charge is -2.26. The van der Waals surface area contributed by atoms with Crippen LogP contribution in [0.15, 0.2) is 12.4 Å². The topological polar surface area (TPSA) is 88.5 Å². The summed E-state index contributed by atoms with van der Waals surface area (Å²) < 4.78 is 6.84. The zero-order valence-corrected chi connectivity index (χ0v) is 15.6. The van der Waals surface area contributed by atoms with Gasteiger partial charge in [-0.3, -0.25) is 14.3 Å². The maximum atomic E-state index is 12.5. The maximum absolute atomic E-state index is 12.5. The van der Waals surface area contributed by atoms with Gasteiger partial charge in [-0.05, 0) is 37.8 Å². The van der Waals surface area contributed by atoms with Crippen LogP contribution in [0.4, 0.5) is 5.69 Å².